The molecular weight excluding hydrogens is 278 g/mol. The van der Waals surface area contributed by atoms with Crippen LogP contribution in [-0.2, 0) is 6.54 Å². The molecule has 2 rings (SSSR count). The number of hydrogen-bond donors (Lipinski definition) is 2. The summed E-state index contributed by atoms with van der Waals surface area (Å²) in [5.74, 6) is 0.372. The first-order valence-corrected chi connectivity index (χ1v) is 6.99. The van der Waals surface area contributed by atoms with Crippen molar-refractivity contribution in [1.29, 1.82) is 0 Å². The molecule has 0 amide bonds. The molecule has 17 heavy (non-hydrogen) atoms. The van der Waals surface area contributed by atoms with Crippen LogP contribution in [-0.4, -0.2) is 11.1 Å². The van der Waals surface area contributed by atoms with Gasteiger partial charge in [-0.05, 0) is 36.5 Å². The van der Waals surface area contributed by atoms with Gasteiger partial charge in [-0.25, -0.2) is 0 Å². The number of aromatic hydroxyl groups is 1. The largest absolute Gasteiger partial charge is 0.508 e. The van der Waals surface area contributed by atoms with Gasteiger partial charge in [0.05, 0.1) is 0 Å². The average molecular weight is 298 g/mol. The minimum Gasteiger partial charge on any atom is -0.508 e. The molecule has 0 saturated heterocycles. The van der Waals surface area contributed by atoms with E-state index in [-0.39, 0.29) is 0 Å². The van der Waals surface area contributed by atoms with E-state index < -0.39 is 0 Å². The van der Waals surface area contributed by atoms with Crippen molar-refractivity contribution in [1.82, 2.24) is 5.32 Å². The van der Waals surface area contributed by atoms with Crippen molar-refractivity contribution >= 4 is 15.9 Å². The van der Waals surface area contributed by atoms with Crippen molar-refractivity contribution in [2.75, 3.05) is 0 Å². The van der Waals surface area contributed by atoms with Crippen molar-refractivity contribution in [2.45, 2.75) is 45.7 Å². The maximum Gasteiger partial charge on any atom is 0.120 e. The van der Waals surface area contributed by atoms with Crippen molar-refractivity contribution in [3.05, 3.63) is 28.2 Å². The van der Waals surface area contributed by atoms with Crippen LogP contribution in [0, 0.1) is 5.41 Å². The summed E-state index contributed by atoms with van der Waals surface area (Å²) in [6.45, 7) is 5.37. The predicted octanol–water partition coefficient (Wildman–Crippen LogP) is 3.82. The number of phenolic OH excluding ortho intramolecular Hbond substituents is 1. The van der Waals surface area contributed by atoms with Crippen LogP contribution in [0.2, 0.25) is 0 Å². The number of halogens is 1. The molecule has 94 valence electrons. The molecule has 1 aliphatic rings. The second-order valence-corrected chi connectivity index (χ2v) is 6.50. The second-order valence-electron chi connectivity index (χ2n) is 5.59. The van der Waals surface area contributed by atoms with Gasteiger partial charge < -0.3 is 10.4 Å². The molecule has 0 aliphatic heterocycles. The molecule has 0 spiro atoms. The smallest absolute Gasteiger partial charge is 0.120 e. The number of hydrogen-bond acceptors (Lipinski definition) is 2. The van der Waals surface area contributed by atoms with Gasteiger partial charge >= 0.3 is 0 Å². The van der Waals surface area contributed by atoms with Crippen LogP contribution >= 0.6 is 15.9 Å². The zero-order chi connectivity index (χ0) is 12.5. The average Bonchev–Trinajstić information content (AvgIpc) is 2.59. The Bertz CT molecular complexity index is 403. The fraction of sp³-hybridized carbons (Fsp3) is 0.571. The van der Waals surface area contributed by atoms with E-state index in [4.69, 9.17) is 0 Å². The molecule has 2 nitrogen and oxygen atoms in total. The van der Waals surface area contributed by atoms with E-state index >= 15 is 0 Å². The van der Waals surface area contributed by atoms with E-state index in [1.165, 1.54) is 19.3 Å². The molecule has 2 N–H and O–H groups in total. The number of nitrogens with one attached hydrogen (secondary N) is 1. The fourth-order valence-corrected chi connectivity index (χ4v) is 3.04. The van der Waals surface area contributed by atoms with Crippen molar-refractivity contribution in [3.63, 3.8) is 0 Å². The topological polar surface area (TPSA) is 32.3 Å². The summed E-state index contributed by atoms with van der Waals surface area (Å²) in [4.78, 5) is 0. The molecule has 0 radical (unpaired) electrons. The van der Waals surface area contributed by atoms with Gasteiger partial charge in [-0.1, -0.05) is 36.2 Å². The molecule has 1 fully saturated rings. The second kappa shape index (κ2) is 4.99. The Morgan fingerprint density at radius 3 is 2.88 bits per heavy atom. The zero-order valence-corrected chi connectivity index (χ0v) is 12.0. The van der Waals surface area contributed by atoms with Crippen molar-refractivity contribution in [3.8, 4) is 5.75 Å². The molecule has 1 aromatic carbocycles. The molecule has 1 atom stereocenters. The van der Waals surface area contributed by atoms with Gasteiger partial charge in [0, 0.05) is 22.6 Å². The summed E-state index contributed by atoms with van der Waals surface area (Å²) < 4.78 is 1.01. The van der Waals surface area contributed by atoms with Gasteiger partial charge in [-0.3, -0.25) is 0 Å². The Hall–Kier alpha value is -0.540. The van der Waals surface area contributed by atoms with E-state index in [1.807, 2.05) is 12.1 Å². The standard InChI is InChI=1S/C14H20BrNO/c1-14(2)7-3-4-13(14)16-9-10-8-11(15)5-6-12(10)17/h5-6,8,13,16-17H,3-4,7,9H2,1-2H3. The quantitative estimate of drug-likeness (QED) is 0.889. The Morgan fingerprint density at radius 2 is 2.24 bits per heavy atom. The summed E-state index contributed by atoms with van der Waals surface area (Å²) >= 11 is 3.43. The highest BCUT2D eigenvalue weighted by Gasteiger charge is 2.33. The maximum atomic E-state index is 9.78. The van der Waals surface area contributed by atoms with Gasteiger partial charge in [0.1, 0.15) is 5.75 Å². The molecule has 1 unspecified atom stereocenters. The third kappa shape index (κ3) is 3.02. The molecule has 1 aliphatic carbocycles. The van der Waals surface area contributed by atoms with E-state index in [2.05, 4.69) is 35.1 Å². The predicted molar refractivity (Wildman–Crippen MR) is 74.1 cm³/mol. The summed E-state index contributed by atoms with van der Waals surface area (Å²) in [5.41, 5.74) is 1.34. The minimum atomic E-state index is 0.372. The summed E-state index contributed by atoms with van der Waals surface area (Å²) in [6.07, 6.45) is 3.83. The van der Waals surface area contributed by atoms with Gasteiger partial charge in [0.2, 0.25) is 0 Å². The Balaban J connectivity index is 2.00. The molecule has 1 aromatic rings. The lowest BCUT2D eigenvalue weighted by Gasteiger charge is -2.28. The van der Waals surface area contributed by atoms with Crippen LogP contribution < -0.4 is 5.32 Å². The van der Waals surface area contributed by atoms with Crippen molar-refractivity contribution < 1.29 is 5.11 Å². The van der Waals surface area contributed by atoms with Crippen LogP contribution in [0.15, 0.2) is 22.7 Å². The van der Waals surface area contributed by atoms with E-state index in [9.17, 15) is 5.11 Å². The molecule has 0 aromatic heterocycles. The highest BCUT2D eigenvalue weighted by molar-refractivity contribution is 9.10. The number of phenols is 1. The lowest BCUT2D eigenvalue weighted by molar-refractivity contribution is 0.281. The lowest BCUT2D eigenvalue weighted by atomic mass is 9.87. The molecule has 0 bridgehead atoms. The molecular formula is C14H20BrNO. The van der Waals surface area contributed by atoms with Crippen LogP contribution in [0.3, 0.4) is 0 Å². The van der Waals surface area contributed by atoms with Crippen LogP contribution in [0.5, 0.6) is 5.75 Å². The van der Waals surface area contributed by atoms with Gasteiger partial charge in [-0.15, -0.1) is 0 Å². The SMILES string of the molecule is CC1(C)CCCC1NCc1cc(Br)ccc1O. The third-order valence-electron chi connectivity index (χ3n) is 3.84. The summed E-state index contributed by atoms with van der Waals surface area (Å²) in [7, 11) is 0. The first kappa shape index (κ1) is 12.9. The zero-order valence-electron chi connectivity index (χ0n) is 10.5. The third-order valence-corrected chi connectivity index (χ3v) is 4.33. The van der Waals surface area contributed by atoms with E-state index in [1.54, 1.807) is 6.07 Å². The first-order chi connectivity index (χ1) is 7.99. The highest BCUT2D eigenvalue weighted by Crippen LogP contribution is 2.37. The summed E-state index contributed by atoms with van der Waals surface area (Å²) in [5, 5.41) is 13.4. The monoisotopic (exact) mass is 297 g/mol. The highest BCUT2D eigenvalue weighted by atomic mass is 79.9. The van der Waals surface area contributed by atoms with Crippen LogP contribution in [0.4, 0.5) is 0 Å². The van der Waals surface area contributed by atoms with E-state index in [0.29, 0.717) is 17.2 Å². The Labute approximate surface area is 112 Å². The number of rotatable bonds is 3. The van der Waals surface area contributed by atoms with E-state index in [0.717, 1.165) is 16.6 Å². The Kier molecular flexibility index (Phi) is 3.79. The van der Waals surface area contributed by atoms with Crippen LogP contribution in [0.1, 0.15) is 38.7 Å². The van der Waals surface area contributed by atoms with Gasteiger partial charge in [0.15, 0.2) is 0 Å². The molecule has 0 heterocycles. The molecule has 1 saturated carbocycles. The van der Waals surface area contributed by atoms with Gasteiger partial charge in [-0.2, -0.15) is 0 Å². The van der Waals surface area contributed by atoms with Gasteiger partial charge in [0.25, 0.3) is 0 Å². The minimum absolute atomic E-state index is 0.372. The maximum absolute atomic E-state index is 9.78. The fourth-order valence-electron chi connectivity index (χ4n) is 2.63. The summed E-state index contributed by atoms with van der Waals surface area (Å²) in [6, 6.07) is 6.13. The van der Waals surface area contributed by atoms with Crippen molar-refractivity contribution in [2.24, 2.45) is 5.41 Å². The first-order valence-electron chi connectivity index (χ1n) is 6.20. The molecule has 3 heteroatoms. The Morgan fingerprint density at radius 1 is 1.47 bits per heavy atom. The number of benzene rings is 1. The normalized spacial score (nSPS) is 22.9. The van der Waals surface area contributed by atoms with Crippen LogP contribution in [0.25, 0.3) is 0 Å². The lowest BCUT2D eigenvalue weighted by Crippen LogP contribution is -2.37.